The molecule has 2 saturated heterocycles. The van der Waals surface area contributed by atoms with Crippen LogP contribution in [0.5, 0.6) is 0 Å². The van der Waals surface area contributed by atoms with Crippen molar-refractivity contribution in [1.82, 2.24) is 9.80 Å². The fourth-order valence-electron chi connectivity index (χ4n) is 3.56. The molecule has 18 heavy (non-hydrogen) atoms. The molecule has 1 aliphatic carbocycles. The van der Waals surface area contributed by atoms with Crippen LogP contribution in [0.1, 0.15) is 38.5 Å². The number of carbonyl (C=O) groups excluding carboxylic acids is 1. The van der Waals surface area contributed by atoms with Gasteiger partial charge >= 0.3 is 0 Å². The molecule has 3 fully saturated rings. The van der Waals surface area contributed by atoms with Gasteiger partial charge in [-0.25, -0.2) is 0 Å². The molecule has 3 rings (SSSR count). The molecule has 3 atom stereocenters. The van der Waals surface area contributed by atoms with Crippen LogP contribution in [0.2, 0.25) is 0 Å². The number of nitrogens with zero attached hydrogens (tertiary/aromatic N) is 2. The third-order valence-electron chi connectivity index (χ3n) is 5.14. The number of likely N-dealkylation sites (tertiary alicyclic amines) is 1. The van der Waals surface area contributed by atoms with Crippen molar-refractivity contribution in [2.75, 3.05) is 20.1 Å². The van der Waals surface area contributed by atoms with E-state index in [-0.39, 0.29) is 11.9 Å². The van der Waals surface area contributed by atoms with Crippen LogP contribution in [-0.2, 0) is 4.79 Å². The predicted octanol–water partition coefficient (Wildman–Crippen LogP) is 0.809. The van der Waals surface area contributed by atoms with E-state index < -0.39 is 0 Å². The van der Waals surface area contributed by atoms with E-state index >= 15 is 0 Å². The average Bonchev–Trinajstić information content (AvgIpc) is 3.08. The van der Waals surface area contributed by atoms with Gasteiger partial charge in [0.05, 0.1) is 0 Å². The maximum atomic E-state index is 12.3. The molecule has 1 amide bonds. The van der Waals surface area contributed by atoms with Crippen LogP contribution in [0.25, 0.3) is 0 Å². The lowest BCUT2D eigenvalue weighted by molar-refractivity contribution is -0.132. The summed E-state index contributed by atoms with van der Waals surface area (Å²) in [5, 5.41) is 0. The SMILES string of the molecule is CN1C2CCC1CN(C(=O)CC(N)C1CC1)CC2. The van der Waals surface area contributed by atoms with Gasteiger partial charge in [0.15, 0.2) is 0 Å². The molecule has 0 radical (unpaired) electrons. The minimum atomic E-state index is 0.107. The Labute approximate surface area is 109 Å². The van der Waals surface area contributed by atoms with E-state index in [4.69, 9.17) is 5.73 Å². The quantitative estimate of drug-likeness (QED) is 0.807. The highest BCUT2D eigenvalue weighted by atomic mass is 16.2. The van der Waals surface area contributed by atoms with Crippen LogP contribution < -0.4 is 5.73 Å². The van der Waals surface area contributed by atoms with Gasteiger partial charge in [0.25, 0.3) is 0 Å². The Balaban J connectivity index is 1.57. The van der Waals surface area contributed by atoms with E-state index in [1.54, 1.807) is 0 Å². The van der Waals surface area contributed by atoms with Crippen molar-refractivity contribution in [1.29, 1.82) is 0 Å². The number of nitrogens with two attached hydrogens (primary N) is 1. The van der Waals surface area contributed by atoms with Gasteiger partial charge in [0, 0.05) is 37.6 Å². The number of likely N-dealkylation sites (N-methyl/N-ethyl adjacent to an activating group) is 1. The zero-order valence-corrected chi connectivity index (χ0v) is 11.3. The fourth-order valence-corrected chi connectivity index (χ4v) is 3.56. The van der Waals surface area contributed by atoms with Gasteiger partial charge in [0.1, 0.15) is 0 Å². The second-order valence-electron chi connectivity index (χ2n) is 6.38. The highest BCUT2D eigenvalue weighted by Gasteiger charge is 2.37. The Bertz CT molecular complexity index is 329. The Hall–Kier alpha value is -0.610. The minimum Gasteiger partial charge on any atom is -0.341 e. The van der Waals surface area contributed by atoms with E-state index in [9.17, 15) is 4.79 Å². The zero-order valence-electron chi connectivity index (χ0n) is 11.3. The normalized spacial score (nSPS) is 34.4. The molecule has 102 valence electrons. The van der Waals surface area contributed by atoms with Crippen molar-refractivity contribution >= 4 is 5.91 Å². The lowest BCUT2D eigenvalue weighted by Gasteiger charge is -2.26. The first-order chi connectivity index (χ1) is 8.65. The summed E-state index contributed by atoms with van der Waals surface area (Å²) in [7, 11) is 2.21. The van der Waals surface area contributed by atoms with Gasteiger partial charge in [-0.2, -0.15) is 0 Å². The molecule has 3 aliphatic rings. The fraction of sp³-hybridized carbons (Fsp3) is 0.929. The number of rotatable bonds is 3. The summed E-state index contributed by atoms with van der Waals surface area (Å²) in [4.78, 5) is 16.9. The van der Waals surface area contributed by atoms with Gasteiger partial charge in [-0.15, -0.1) is 0 Å². The van der Waals surface area contributed by atoms with Gasteiger partial charge in [-0.05, 0) is 45.1 Å². The first-order valence-corrected chi connectivity index (χ1v) is 7.40. The third kappa shape index (κ3) is 2.41. The summed E-state index contributed by atoms with van der Waals surface area (Å²) >= 11 is 0. The summed E-state index contributed by atoms with van der Waals surface area (Å²) in [6.07, 6.45) is 6.71. The smallest absolute Gasteiger partial charge is 0.224 e. The number of fused-ring (bicyclic) bond motifs is 2. The predicted molar refractivity (Wildman–Crippen MR) is 71.1 cm³/mol. The Morgan fingerprint density at radius 1 is 1.22 bits per heavy atom. The molecule has 0 aromatic rings. The molecule has 1 saturated carbocycles. The van der Waals surface area contributed by atoms with Crippen LogP contribution >= 0.6 is 0 Å². The first-order valence-electron chi connectivity index (χ1n) is 7.40. The van der Waals surface area contributed by atoms with E-state index in [0.29, 0.717) is 24.4 Å². The van der Waals surface area contributed by atoms with E-state index in [1.165, 1.54) is 25.7 Å². The number of hydrogen-bond donors (Lipinski definition) is 1. The topological polar surface area (TPSA) is 49.6 Å². The zero-order chi connectivity index (χ0) is 12.7. The molecule has 2 bridgehead atoms. The van der Waals surface area contributed by atoms with Crippen molar-refractivity contribution in [2.45, 2.75) is 56.7 Å². The number of carbonyl (C=O) groups is 1. The molecule has 0 spiro atoms. The maximum Gasteiger partial charge on any atom is 0.224 e. The van der Waals surface area contributed by atoms with Gasteiger partial charge < -0.3 is 10.6 Å². The van der Waals surface area contributed by atoms with Gasteiger partial charge in [-0.1, -0.05) is 0 Å². The molecular formula is C14H25N3O. The van der Waals surface area contributed by atoms with Gasteiger partial charge in [-0.3, -0.25) is 9.69 Å². The Kier molecular flexibility index (Phi) is 3.32. The van der Waals surface area contributed by atoms with E-state index in [1.807, 2.05) is 0 Å². The van der Waals surface area contributed by atoms with Crippen molar-refractivity contribution < 1.29 is 4.79 Å². The lowest BCUT2D eigenvalue weighted by atomic mass is 10.1. The molecule has 0 aromatic carbocycles. The highest BCUT2D eigenvalue weighted by Crippen LogP contribution is 2.33. The van der Waals surface area contributed by atoms with E-state index in [2.05, 4.69) is 16.8 Å². The molecule has 3 unspecified atom stereocenters. The summed E-state index contributed by atoms with van der Waals surface area (Å²) in [6, 6.07) is 1.39. The molecule has 0 aromatic heterocycles. The Morgan fingerprint density at radius 2 is 1.94 bits per heavy atom. The van der Waals surface area contributed by atoms with Crippen LogP contribution in [0, 0.1) is 5.92 Å². The van der Waals surface area contributed by atoms with Crippen molar-refractivity contribution in [3.05, 3.63) is 0 Å². The molecular weight excluding hydrogens is 226 g/mol. The number of hydrogen-bond acceptors (Lipinski definition) is 3. The minimum absolute atomic E-state index is 0.107. The Morgan fingerprint density at radius 3 is 2.67 bits per heavy atom. The van der Waals surface area contributed by atoms with Crippen molar-refractivity contribution in [3.8, 4) is 0 Å². The van der Waals surface area contributed by atoms with Crippen molar-refractivity contribution in [2.24, 2.45) is 11.7 Å². The molecule has 2 N–H and O–H groups in total. The molecule has 2 aliphatic heterocycles. The van der Waals surface area contributed by atoms with Crippen LogP contribution in [0.4, 0.5) is 0 Å². The maximum absolute atomic E-state index is 12.3. The monoisotopic (exact) mass is 251 g/mol. The van der Waals surface area contributed by atoms with Crippen LogP contribution in [0.3, 0.4) is 0 Å². The van der Waals surface area contributed by atoms with Crippen molar-refractivity contribution in [3.63, 3.8) is 0 Å². The highest BCUT2D eigenvalue weighted by molar-refractivity contribution is 5.77. The summed E-state index contributed by atoms with van der Waals surface area (Å²) in [5.74, 6) is 0.912. The van der Waals surface area contributed by atoms with Crippen LogP contribution in [0.15, 0.2) is 0 Å². The average molecular weight is 251 g/mol. The van der Waals surface area contributed by atoms with Gasteiger partial charge in [0.2, 0.25) is 5.91 Å². The number of amides is 1. The summed E-state index contributed by atoms with van der Waals surface area (Å²) in [6.45, 7) is 1.85. The molecule has 2 heterocycles. The molecule has 4 nitrogen and oxygen atoms in total. The largest absolute Gasteiger partial charge is 0.341 e. The lowest BCUT2D eigenvalue weighted by Crippen LogP contribution is -2.42. The second-order valence-corrected chi connectivity index (χ2v) is 6.38. The second kappa shape index (κ2) is 4.82. The standard InChI is InChI=1S/C14H25N3O/c1-16-11-4-5-12(16)9-17(7-6-11)14(18)8-13(15)10-2-3-10/h10-13H,2-9,15H2,1H3. The van der Waals surface area contributed by atoms with Crippen LogP contribution in [-0.4, -0.2) is 54.0 Å². The summed E-state index contributed by atoms with van der Waals surface area (Å²) in [5.41, 5.74) is 6.07. The summed E-state index contributed by atoms with van der Waals surface area (Å²) < 4.78 is 0. The third-order valence-corrected chi connectivity index (χ3v) is 5.14. The van der Waals surface area contributed by atoms with E-state index in [0.717, 1.165) is 19.5 Å². The molecule has 4 heteroatoms. The first kappa shape index (κ1) is 12.4.